The van der Waals surface area contributed by atoms with Crippen LogP contribution >= 0.6 is 0 Å². The maximum atomic E-state index is 11.1. The van der Waals surface area contributed by atoms with Crippen LogP contribution in [0, 0.1) is 0 Å². The SMILES string of the molecule is CCOC1=C(C)C=CC(=C=O)C1c1ccccc1.O=C(O)O. The van der Waals surface area contributed by atoms with Gasteiger partial charge in [-0.2, -0.15) is 0 Å². The van der Waals surface area contributed by atoms with Crippen molar-refractivity contribution in [1.82, 2.24) is 0 Å². The molecule has 1 aliphatic rings. The van der Waals surface area contributed by atoms with Gasteiger partial charge in [-0.15, -0.1) is 0 Å². The third kappa shape index (κ3) is 4.65. The summed E-state index contributed by atoms with van der Waals surface area (Å²) in [5.41, 5.74) is 2.74. The Bertz CT molecular complexity index is 618. The number of carboxylic acid groups (broad SMARTS) is 2. The Morgan fingerprint density at radius 3 is 2.32 bits per heavy atom. The predicted molar refractivity (Wildman–Crippen MR) is 82.5 cm³/mol. The zero-order valence-electron chi connectivity index (χ0n) is 12.4. The first kappa shape index (κ1) is 17.3. The van der Waals surface area contributed by atoms with E-state index in [1.165, 1.54) is 0 Å². The lowest BCUT2D eigenvalue weighted by Gasteiger charge is -2.24. The van der Waals surface area contributed by atoms with Gasteiger partial charge in [-0.1, -0.05) is 36.4 Å². The van der Waals surface area contributed by atoms with Gasteiger partial charge in [0.05, 0.1) is 18.1 Å². The van der Waals surface area contributed by atoms with Crippen LogP contribution in [0.25, 0.3) is 0 Å². The Hall–Kier alpha value is -2.78. The molecule has 0 aliphatic heterocycles. The Balaban J connectivity index is 0.000000541. The molecule has 0 saturated carbocycles. The maximum absolute atomic E-state index is 11.1. The van der Waals surface area contributed by atoms with Gasteiger partial charge >= 0.3 is 6.16 Å². The highest BCUT2D eigenvalue weighted by Gasteiger charge is 2.26. The van der Waals surface area contributed by atoms with Crippen LogP contribution in [0.5, 0.6) is 0 Å². The van der Waals surface area contributed by atoms with Crippen LogP contribution in [0.15, 0.2) is 59.4 Å². The Labute approximate surface area is 128 Å². The average Bonchev–Trinajstić information content (AvgIpc) is 2.49. The van der Waals surface area contributed by atoms with Crippen LogP contribution < -0.4 is 0 Å². The molecule has 2 N–H and O–H groups in total. The summed E-state index contributed by atoms with van der Waals surface area (Å²) in [6.07, 6.45) is 1.90. The zero-order chi connectivity index (χ0) is 16.5. The molecule has 0 aromatic heterocycles. The minimum Gasteiger partial charge on any atom is -0.497 e. The molecule has 1 aromatic carbocycles. The van der Waals surface area contributed by atoms with Crippen molar-refractivity contribution in [2.24, 2.45) is 0 Å². The van der Waals surface area contributed by atoms with Crippen molar-refractivity contribution >= 4 is 12.1 Å². The largest absolute Gasteiger partial charge is 0.503 e. The molecular formula is C17H18O5. The summed E-state index contributed by atoms with van der Waals surface area (Å²) in [6, 6.07) is 9.91. The lowest BCUT2D eigenvalue weighted by molar-refractivity contribution is 0.137. The number of ether oxygens (including phenoxy) is 1. The second kappa shape index (κ2) is 8.49. The minimum atomic E-state index is -1.83. The zero-order valence-corrected chi connectivity index (χ0v) is 12.4. The molecule has 5 heteroatoms. The lowest BCUT2D eigenvalue weighted by atomic mass is 9.84. The summed E-state index contributed by atoms with van der Waals surface area (Å²) in [6.45, 7) is 4.54. The third-order valence-electron chi connectivity index (χ3n) is 3.03. The summed E-state index contributed by atoms with van der Waals surface area (Å²) in [7, 11) is 0. The molecule has 1 atom stereocenters. The van der Waals surface area contributed by atoms with Gasteiger partial charge in [0, 0.05) is 0 Å². The van der Waals surface area contributed by atoms with Crippen LogP contribution in [-0.4, -0.2) is 28.9 Å². The number of allylic oxidation sites excluding steroid dienone is 4. The average molecular weight is 302 g/mol. The van der Waals surface area contributed by atoms with E-state index in [2.05, 4.69) is 0 Å². The molecule has 1 aliphatic carbocycles. The van der Waals surface area contributed by atoms with E-state index in [1.807, 2.05) is 62.3 Å². The van der Waals surface area contributed by atoms with Crippen molar-refractivity contribution in [2.75, 3.05) is 6.61 Å². The van der Waals surface area contributed by atoms with Crippen LogP contribution in [0.1, 0.15) is 25.3 Å². The highest BCUT2D eigenvalue weighted by molar-refractivity contribution is 5.66. The second-order valence-electron chi connectivity index (χ2n) is 4.50. The first-order valence-corrected chi connectivity index (χ1v) is 6.74. The first-order chi connectivity index (χ1) is 10.5. The summed E-state index contributed by atoms with van der Waals surface area (Å²) >= 11 is 0. The highest BCUT2D eigenvalue weighted by atomic mass is 16.6. The molecule has 0 bridgehead atoms. The molecule has 0 spiro atoms. The molecule has 0 radical (unpaired) electrons. The molecule has 0 amide bonds. The maximum Gasteiger partial charge on any atom is 0.503 e. The molecule has 1 unspecified atom stereocenters. The van der Waals surface area contributed by atoms with Crippen LogP contribution in [-0.2, 0) is 9.53 Å². The van der Waals surface area contributed by atoms with Crippen LogP contribution in [0.2, 0.25) is 0 Å². The van der Waals surface area contributed by atoms with Gasteiger partial charge in [0.25, 0.3) is 0 Å². The number of rotatable bonds is 3. The molecule has 0 fully saturated rings. The molecule has 0 heterocycles. The highest BCUT2D eigenvalue weighted by Crippen LogP contribution is 2.37. The lowest BCUT2D eigenvalue weighted by Crippen LogP contribution is -2.13. The van der Waals surface area contributed by atoms with Gasteiger partial charge in [0.1, 0.15) is 11.7 Å². The smallest absolute Gasteiger partial charge is 0.497 e. The summed E-state index contributed by atoms with van der Waals surface area (Å²) < 4.78 is 5.72. The topological polar surface area (TPSA) is 83.8 Å². The van der Waals surface area contributed by atoms with Crippen LogP contribution in [0.4, 0.5) is 4.79 Å². The van der Waals surface area contributed by atoms with Crippen molar-refractivity contribution in [1.29, 1.82) is 0 Å². The van der Waals surface area contributed by atoms with Crippen LogP contribution in [0.3, 0.4) is 0 Å². The fourth-order valence-electron chi connectivity index (χ4n) is 2.18. The number of carbonyl (C=O) groups excluding carboxylic acids is 1. The first-order valence-electron chi connectivity index (χ1n) is 6.74. The monoisotopic (exact) mass is 302 g/mol. The van der Waals surface area contributed by atoms with E-state index in [-0.39, 0.29) is 5.92 Å². The normalized spacial score (nSPS) is 16.5. The van der Waals surface area contributed by atoms with E-state index < -0.39 is 6.16 Å². The van der Waals surface area contributed by atoms with Gasteiger partial charge in [-0.3, -0.25) is 0 Å². The van der Waals surface area contributed by atoms with E-state index in [0.29, 0.717) is 12.2 Å². The number of hydrogen-bond acceptors (Lipinski definition) is 3. The van der Waals surface area contributed by atoms with Gasteiger partial charge in [-0.25, -0.2) is 9.59 Å². The molecule has 2 rings (SSSR count). The Morgan fingerprint density at radius 1 is 1.23 bits per heavy atom. The quantitative estimate of drug-likeness (QED) is 0.833. The molecule has 22 heavy (non-hydrogen) atoms. The predicted octanol–water partition coefficient (Wildman–Crippen LogP) is 3.63. The van der Waals surface area contributed by atoms with E-state index in [0.717, 1.165) is 16.9 Å². The van der Waals surface area contributed by atoms with E-state index in [4.69, 9.17) is 19.7 Å². The fourth-order valence-corrected chi connectivity index (χ4v) is 2.18. The van der Waals surface area contributed by atoms with Crippen molar-refractivity contribution in [3.63, 3.8) is 0 Å². The van der Waals surface area contributed by atoms with Gasteiger partial charge in [0.2, 0.25) is 0 Å². The van der Waals surface area contributed by atoms with Crippen molar-refractivity contribution < 1.29 is 24.5 Å². The van der Waals surface area contributed by atoms with E-state index >= 15 is 0 Å². The van der Waals surface area contributed by atoms with E-state index in [9.17, 15) is 4.79 Å². The van der Waals surface area contributed by atoms with Crippen molar-refractivity contribution in [3.8, 4) is 0 Å². The van der Waals surface area contributed by atoms with Gasteiger partial charge in [-0.05, 0) is 31.1 Å². The Kier molecular flexibility index (Phi) is 6.67. The van der Waals surface area contributed by atoms with Crippen molar-refractivity contribution in [3.05, 3.63) is 65.0 Å². The number of benzene rings is 1. The van der Waals surface area contributed by atoms with Crippen molar-refractivity contribution in [2.45, 2.75) is 19.8 Å². The van der Waals surface area contributed by atoms with Gasteiger partial charge < -0.3 is 14.9 Å². The van der Waals surface area contributed by atoms with Gasteiger partial charge in [0.15, 0.2) is 0 Å². The summed E-state index contributed by atoms with van der Waals surface area (Å²) in [5.74, 6) is 2.75. The minimum absolute atomic E-state index is 0.131. The summed E-state index contributed by atoms with van der Waals surface area (Å²) in [4.78, 5) is 19.7. The molecule has 5 nitrogen and oxygen atoms in total. The number of carbonyl (C=O) groups is 1. The third-order valence-corrected chi connectivity index (χ3v) is 3.03. The second-order valence-corrected chi connectivity index (χ2v) is 4.50. The van der Waals surface area contributed by atoms with E-state index in [1.54, 1.807) is 0 Å². The molecule has 1 aromatic rings. The molecule has 0 saturated heterocycles. The Morgan fingerprint density at radius 2 is 1.82 bits per heavy atom. The number of hydrogen-bond donors (Lipinski definition) is 2. The summed E-state index contributed by atoms with van der Waals surface area (Å²) in [5, 5.41) is 13.9. The molecule has 116 valence electrons. The fraction of sp³-hybridized carbons (Fsp3) is 0.235. The standard InChI is InChI=1S/C16H16O2.CH2O3/c1-3-18-16-12(2)9-10-14(11-17)15(16)13-7-5-4-6-8-13;2-1(3)4/h4-10,15H,3H2,1-2H3;(H2,2,3,4). The molecular weight excluding hydrogens is 284 g/mol.